The molecule has 130 valence electrons. The minimum absolute atomic E-state index is 0.118. The Morgan fingerprint density at radius 3 is 2.36 bits per heavy atom. The molecule has 1 N–H and O–H groups in total. The lowest BCUT2D eigenvalue weighted by Gasteiger charge is -2.40. The zero-order valence-corrected chi connectivity index (χ0v) is 15.5. The summed E-state index contributed by atoms with van der Waals surface area (Å²) in [7, 11) is -3.27. The maximum Gasteiger partial charge on any atom is 0.235 e. The van der Waals surface area contributed by atoms with Crippen LogP contribution in [0.4, 0.5) is 0 Å². The van der Waals surface area contributed by atoms with Crippen LogP contribution in [0.1, 0.15) is 72.6 Å². The highest BCUT2D eigenvalue weighted by atomic mass is 32.2. The van der Waals surface area contributed by atoms with Gasteiger partial charge >= 0.3 is 0 Å². The summed E-state index contributed by atoms with van der Waals surface area (Å²) in [5, 5.41) is 3.00. The summed E-state index contributed by atoms with van der Waals surface area (Å²) >= 11 is 0. The molecule has 0 aromatic rings. The number of unbranched alkanes of at least 4 members (excludes halogenated alkanes) is 2. The molecule has 1 amide bonds. The average Bonchev–Trinajstić information content (AvgIpc) is 2.37. The Labute approximate surface area is 136 Å². The number of hydrogen-bond acceptors (Lipinski definition) is 3. The van der Waals surface area contributed by atoms with Gasteiger partial charge in [-0.15, -0.1) is 0 Å². The predicted molar refractivity (Wildman–Crippen MR) is 91.5 cm³/mol. The number of carbonyl (C=O) groups excluding carboxylic acids is 1. The second-order valence-electron chi connectivity index (χ2n) is 7.73. The molecule has 0 aliphatic heterocycles. The molecule has 1 rings (SSSR count). The van der Waals surface area contributed by atoms with Crippen LogP contribution in [-0.4, -0.2) is 31.9 Å². The summed E-state index contributed by atoms with van der Waals surface area (Å²) in [6.07, 6.45) is 6.92. The fourth-order valence-corrected chi connectivity index (χ4v) is 4.70. The van der Waals surface area contributed by atoms with Crippen LogP contribution in [0.25, 0.3) is 0 Å². The van der Waals surface area contributed by atoms with Crippen LogP contribution in [0.2, 0.25) is 0 Å². The first-order valence-corrected chi connectivity index (χ1v) is 10.5. The largest absolute Gasteiger partial charge is 0.352 e. The quantitative estimate of drug-likeness (QED) is 0.728. The highest BCUT2D eigenvalue weighted by Gasteiger charge is 2.35. The van der Waals surface area contributed by atoms with Crippen molar-refractivity contribution in [2.45, 2.75) is 78.7 Å². The van der Waals surface area contributed by atoms with Gasteiger partial charge in [-0.2, -0.15) is 0 Å². The van der Waals surface area contributed by atoms with Crippen molar-refractivity contribution in [2.24, 2.45) is 11.3 Å². The van der Waals surface area contributed by atoms with Crippen LogP contribution < -0.4 is 5.32 Å². The molecule has 1 aliphatic carbocycles. The molecule has 5 heteroatoms. The van der Waals surface area contributed by atoms with Crippen molar-refractivity contribution in [1.29, 1.82) is 0 Å². The van der Waals surface area contributed by atoms with E-state index in [0.717, 1.165) is 32.1 Å². The summed E-state index contributed by atoms with van der Waals surface area (Å²) < 4.78 is 24.0. The van der Waals surface area contributed by atoms with Crippen molar-refractivity contribution in [3.05, 3.63) is 0 Å². The second kappa shape index (κ2) is 8.32. The summed E-state index contributed by atoms with van der Waals surface area (Å²) in [6.45, 7) is 8.63. The molecule has 22 heavy (non-hydrogen) atoms. The van der Waals surface area contributed by atoms with Gasteiger partial charge in [0.25, 0.3) is 0 Å². The Hall–Kier alpha value is -0.580. The Bertz CT molecular complexity index is 451. The monoisotopic (exact) mass is 331 g/mol. The van der Waals surface area contributed by atoms with Gasteiger partial charge in [-0.1, -0.05) is 53.4 Å². The standard InChI is InChI=1S/C17H33NO3S/c1-5-6-9-12-22(20,21)13-16(19)18-15-11-8-7-10-14(15)17(2,3)4/h14-15H,5-13H2,1-4H3,(H,18,19). The SMILES string of the molecule is CCCCCS(=O)(=O)CC(=O)NC1CCCCC1C(C)(C)C. The molecule has 0 radical (unpaired) electrons. The molecule has 0 bridgehead atoms. The van der Waals surface area contributed by atoms with E-state index >= 15 is 0 Å². The number of amides is 1. The molecule has 0 aromatic heterocycles. The van der Waals surface area contributed by atoms with Gasteiger partial charge in [0.05, 0.1) is 5.75 Å². The van der Waals surface area contributed by atoms with E-state index in [1.54, 1.807) is 0 Å². The third-order valence-electron chi connectivity index (χ3n) is 4.63. The number of sulfone groups is 1. The van der Waals surface area contributed by atoms with E-state index in [1.165, 1.54) is 6.42 Å². The van der Waals surface area contributed by atoms with E-state index in [-0.39, 0.29) is 28.9 Å². The molecule has 1 saturated carbocycles. The molecular weight excluding hydrogens is 298 g/mol. The molecule has 2 atom stereocenters. The van der Waals surface area contributed by atoms with Crippen molar-refractivity contribution in [1.82, 2.24) is 5.32 Å². The van der Waals surface area contributed by atoms with E-state index in [2.05, 4.69) is 26.1 Å². The summed E-state index contributed by atoms with van der Waals surface area (Å²) in [5.41, 5.74) is 0.137. The summed E-state index contributed by atoms with van der Waals surface area (Å²) in [6, 6.07) is 0.118. The van der Waals surface area contributed by atoms with Gasteiger partial charge in [0, 0.05) is 6.04 Å². The van der Waals surface area contributed by atoms with Crippen LogP contribution in [-0.2, 0) is 14.6 Å². The van der Waals surface area contributed by atoms with Gasteiger partial charge in [-0.25, -0.2) is 8.42 Å². The fourth-order valence-electron chi connectivity index (χ4n) is 3.43. The third kappa shape index (κ3) is 6.67. The second-order valence-corrected chi connectivity index (χ2v) is 9.91. The van der Waals surface area contributed by atoms with Crippen molar-refractivity contribution < 1.29 is 13.2 Å². The van der Waals surface area contributed by atoms with Crippen molar-refractivity contribution in [2.75, 3.05) is 11.5 Å². The average molecular weight is 332 g/mol. The first-order valence-electron chi connectivity index (χ1n) is 8.65. The van der Waals surface area contributed by atoms with Gasteiger partial charge in [0.15, 0.2) is 9.84 Å². The number of hydrogen-bond donors (Lipinski definition) is 1. The number of carbonyl (C=O) groups is 1. The normalized spacial score (nSPS) is 23.3. The van der Waals surface area contributed by atoms with Gasteiger partial charge in [0.2, 0.25) is 5.91 Å². The zero-order chi connectivity index (χ0) is 16.8. The minimum Gasteiger partial charge on any atom is -0.352 e. The van der Waals surface area contributed by atoms with Crippen molar-refractivity contribution >= 4 is 15.7 Å². The van der Waals surface area contributed by atoms with E-state index in [4.69, 9.17) is 0 Å². The lowest BCUT2D eigenvalue weighted by molar-refractivity contribution is -0.120. The molecule has 1 fully saturated rings. The van der Waals surface area contributed by atoms with Gasteiger partial charge in [-0.05, 0) is 30.6 Å². The van der Waals surface area contributed by atoms with Crippen LogP contribution >= 0.6 is 0 Å². The molecular formula is C17H33NO3S. The Balaban J connectivity index is 2.55. The molecule has 0 aromatic carbocycles. The van der Waals surface area contributed by atoms with E-state index in [0.29, 0.717) is 12.3 Å². The van der Waals surface area contributed by atoms with Crippen molar-refractivity contribution in [3.8, 4) is 0 Å². The first-order chi connectivity index (χ1) is 10.2. The number of nitrogens with one attached hydrogen (secondary N) is 1. The Morgan fingerprint density at radius 2 is 1.77 bits per heavy atom. The molecule has 2 unspecified atom stereocenters. The molecule has 4 nitrogen and oxygen atoms in total. The maximum atomic E-state index is 12.1. The molecule has 1 aliphatic rings. The highest BCUT2D eigenvalue weighted by Crippen LogP contribution is 2.37. The molecule has 0 spiro atoms. The first kappa shape index (κ1) is 19.5. The van der Waals surface area contributed by atoms with Crippen LogP contribution in [0.5, 0.6) is 0 Å². The van der Waals surface area contributed by atoms with E-state index in [9.17, 15) is 13.2 Å². The lowest BCUT2D eigenvalue weighted by Crippen LogP contribution is -2.48. The minimum atomic E-state index is -3.27. The molecule has 0 saturated heterocycles. The van der Waals surface area contributed by atoms with E-state index in [1.807, 2.05) is 6.92 Å². The van der Waals surface area contributed by atoms with Gasteiger partial charge in [0.1, 0.15) is 5.75 Å². The number of rotatable bonds is 7. The predicted octanol–water partition coefficient (Wildman–Crippen LogP) is 3.31. The van der Waals surface area contributed by atoms with E-state index < -0.39 is 9.84 Å². The highest BCUT2D eigenvalue weighted by molar-refractivity contribution is 7.92. The Kier molecular flexibility index (Phi) is 7.36. The van der Waals surface area contributed by atoms with Gasteiger partial charge in [-0.3, -0.25) is 4.79 Å². The lowest BCUT2D eigenvalue weighted by atomic mass is 9.69. The summed E-state index contributed by atoms with van der Waals surface area (Å²) in [5.74, 6) is -0.128. The van der Waals surface area contributed by atoms with Crippen LogP contribution in [0, 0.1) is 11.3 Å². The third-order valence-corrected chi connectivity index (χ3v) is 6.25. The van der Waals surface area contributed by atoms with Gasteiger partial charge < -0.3 is 5.32 Å². The topological polar surface area (TPSA) is 63.2 Å². The summed E-state index contributed by atoms with van der Waals surface area (Å²) in [4.78, 5) is 12.1. The maximum absolute atomic E-state index is 12.1. The fraction of sp³-hybridized carbons (Fsp3) is 0.941. The van der Waals surface area contributed by atoms with Crippen molar-refractivity contribution in [3.63, 3.8) is 0 Å². The van der Waals surface area contributed by atoms with Crippen LogP contribution in [0.3, 0.4) is 0 Å². The smallest absolute Gasteiger partial charge is 0.235 e. The Morgan fingerprint density at radius 1 is 1.14 bits per heavy atom. The zero-order valence-electron chi connectivity index (χ0n) is 14.7. The molecule has 0 heterocycles. The van der Waals surface area contributed by atoms with Crippen LogP contribution in [0.15, 0.2) is 0 Å².